The van der Waals surface area contributed by atoms with Gasteiger partial charge in [-0.05, 0) is 18.6 Å². The summed E-state index contributed by atoms with van der Waals surface area (Å²) in [6.07, 6.45) is 0.882. The fraction of sp³-hybridized carbons (Fsp3) is 0.231. The van der Waals surface area contributed by atoms with E-state index in [-0.39, 0.29) is 10.9 Å². The molecule has 1 aromatic carbocycles. The normalized spacial score (nSPS) is 10.3. The number of ether oxygens (including phenoxy) is 1. The predicted octanol–water partition coefficient (Wildman–Crippen LogP) is 3.29. The SMILES string of the molecule is CCCOc1cc(Cl)nc(-c2ccccc2O)n1. The van der Waals surface area contributed by atoms with Gasteiger partial charge in [-0.3, -0.25) is 0 Å². The van der Waals surface area contributed by atoms with Gasteiger partial charge in [-0.2, -0.15) is 4.98 Å². The average molecular weight is 265 g/mol. The van der Waals surface area contributed by atoms with Crippen LogP contribution in [0.5, 0.6) is 11.6 Å². The molecule has 0 radical (unpaired) electrons. The van der Waals surface area contributed by atoms with Gasteiger partial charge in [-0.25, -0.2) is 4.98 Å². The van der Waals surface area contributed by atoms with Crippen molar-refractivity contribution in [3.63, 3.8) is 0 Å². The largest absolute Gasteiger partial charge is 0.507 e. The van der Waals surface area contributed by atoms with Gasteiger partial charge >= 0.3 is 0 Å². The molecule has 1 N–H and O–H groups in total. The lowest BCUT2D eigenvalue weighted by Crippen LogP contribution is -2.00. The highest BCUT2D eigenvalue weighted by atomic mass is 35.5. The lowest BCUT2D eigenvalue weighted by atomic mass is 10.2. The highest BCUT2D eigenvalue weighted by molar-refractivity contribution is 6.29. The van der Waals surface area contributed by atoms with Crippen LogP contribution in [0.25, 0.3) is 11.4 Å². The first-order valence-electron chi connectivity index (χ1n) is 5.66. The van der Waals surface area contributed by atoms with Crippen molar-refractivity contribution >= 4 is 11.6 Å². The molecule has 0 aliphatic heterocycles. The Morgan fingerprint density at radius 3 is 2.78 bits per heavy atom. The van der Waals surface area contributed by atoms with Gasteiger partial charge in [-0.1, -0.05) is 30.7 Å². The average Bonchev–Trinajstić information content (AvgIpc) is 2.36. The number of nitrogens with zero attached hydrogens (tertiary/aromatic N) is 2. The van der Waals surface area contributed by atoms with Crippen LogP contribution >= 0.6 is 11.6 Å². The van der Waals surface area contributed by atoms with Crippen LogP contribution in [0, 0.1) is 0 Å². The smallest absolute Gasteiger partial charge is 0.218 e. The molecule has 0 aliphatic rings. The van der Waals surface area contributed by atoms with Crippen LogP contribution in [0.2, 0.25) is 5.15 Å². The zero-order valence-electron chi connectivity index (χ0n) is 9.93. The quantitative estimate of drug-likeness (QED) is 0.861. The van der Waals surface area contributed by atoms with E-state index in [1.54, 1.807) is 30.3 Å². The van der Waals surface area contributed by atoms with Gasteiger partial charge in [0, 0.05) is 6.07 Å². The van der Waals surface area contributed by atoms with Gasteiger partial charge in [0.2, 0.25) is 5.88 Å². The number of para-hydroxylation sites is 1. The Balaban J connectivity index is 2.39. The molecule has 5 heteroatoms. The summed E-state index contributed by atoms with van der Waals surface area (Å²) in [5.41, 5.74) is 0.529. The predicted molar refractivity (Wildman–Crippen MR) is 69.9 cm³/mol. The zero-order chi connectivity index (χ0) is 13.0. The maximum absolute atomic E-state index is 9.76. The number of phenols is 1. The number of rotatable bonds is 4. The van der Waals surface area contributed by atoms with Gasteiger partial charge in [0.1, 0.15) is 10.9 Å². The Morgan fingerprint density at radius 1 is 1.28 bits per heavy atom. The second-order valence-electron chi connectivity index (χ2n) is 3.72. The van der Waals surface area contributed by atoms with E-state index in [1.807, 2.05) is 6.92 Å². The van der Waals surface area contributed by atoms with E-state index in [4.69, 9.17) is 16.3 Å². The maximum Gasteiger partial charge on any atom is 0.218 e. The number of phenolic OH excluding ortho intramolecular Hbond substituents is 1. The van der Waals surface area contributed by atoms with E-state index >= 15 is 0 Å². The summed E-state index contributed by atoms with van der Waals surface area (Å²) in [6, 6.07) is 8.39. The standard InChI is InChI=1S/C13H13ClN2O2/c1-2-7-18-12-8-11(14)15-13(16-12)9-5-3-4-6-10(9)17/h3-6,8,17H,2,7H2,1H3. The van der Waals surface area contributed by atoms with Crippen molar-refractivity contribution in [3.8, 4) is 23.0 Å². The minimum atomic E-state index is 0.112. The fourth-order valence-corrected chi connectivity index (χ4v) is 1.63. The van der Waals surface area contributed by atoms with Crippen LogP contribution in [-0.4, -0.2) is 21.7 Å². The van der Waals surface area contributed by atoms with Gasteiger partial charge in [0.25, 0.3) is 0 Å². The maximum atomic E-state index is 9.76. The second kappa shape index (κ2) is 5.69. The first kappa shape index (κ1) is 12.6. The summed E-state index contributed by atoms with van der Waals surface area (Å²) in [5, 5.41) is 10.0. The number of benzene rings is 1. The van der Waals surface area contributed by atoms with Crippen molar-refractivity contribution in [2.75, 3.05) is 6.61 Å². The van der Waals surface area contributed by atoms with Crippen LogP contribution in [0.15, 0.2) is 30.3 Å². The molecule has 0 saturated carbocycles. The third-order valence-corrected chi connectivity index (χ3v) is 2.46. The molecule has 94 valence electrons. The topological polar surface area (TPSA) is 55.2 Å². The molecule has 0 amide bonds. The molecule has 2 aromatic rings. The van der Waals surface area contributed by atoms with Gasteiger partial charge in [-0.15, -0.1) is 0 Å². The lowest BCUT2D eigenvalue weighted by Gasteiger charge is -2.07. The van der Waals surface area contributed by atoms with Crippen LogP contribution in [0.3, 0.4) is 0 Å². The van der Waals surface area contributed by atoms with Crippen LogP contribution < -0.4 is 4.74 Å². The van der Waals surface area contributed by atoms with Crippen molar-refractivity contribution in [2.45, 2.75) is 13.3 Å². The summed E-state index contributed by atoms with van der Waals surface area (Å²) in [6.45, 7) is 2.57. The third kappa shape index (κ3) is 2.90. The lowest BCUT2D eigenvalue weighted by molar-refractivity contribution is 0.305. The van der Waals surface area contributed by atoms with E-state index < -0.39 is 0 Å². The molecule has 0 bridgehead atoms. The minimum absolute atomic E-state index is 0.112. The van der Waals surface area contributed by atoms with E-state index in [1.165, 1.54) is 0 Å². The molecular weight excluding hydrogens is 252 g/mol. The summed E-state index contributed by atoms with van der Waals surface area (Å²) in [5.74, 6) is 0.878. The van der Waals surface area contributed by atoms with Crippen molar-refractivity contribution < 1.29 is 9.84 Å². The molecular formula is C13H13ClN2O2. The van der Waals surface area contributed by atoms with Crippen LogP contribution in [0.1, 0.15) is 13.3 Å². The van der Waals surface area contributed by atoms with Crippen molar-refractivity contribution in [3.05, 3.63) is 35.5 Å². The molecule has 4 nitrogen and oxygen atoms in total. The number of aromatic hydroxyl groups is 1. The first-order valence-corrected chi connectivity index (χ1v) is 6.04. The highest BCUT2D eigenvalue weighted by Gasteiger charge is 2.10. The Morgan fingerprint density at radius 2 is 2.06 bits per heavy atom. The third-order valence-electron chi connectivity index (χ3n) is 2.27. The minimum Gasteiger partial charge on any atom is -0.507 e. The van der Waals surface area contributed by atoms with E-state index in [0.717, 1.165) is 6.42 Å². The van der Waals surface area contributed by atoms with E-state index in [9.17, 15) is 5.11 Å². The number of aromatic nitrogens is 2. The van der Waals surface area contributed by atoms with Crippen LogP contribution in [-0.2, 0) is 0 Å². The summed E-state index contributed by atoms with van der Waals surface area (Å²) >= 11 is 5.92. The second-order valence-corrected chi connectivity index (χ2v) is 4.11. The van der Waals surface area contributed by atoms with E-state index in [2.05, 4.69) is 9.97 Å². The summed E-state index contributed by atoms with van der Waals surface area (Å²) in [4.78, 5) is 8.31. The molecule has 0 fully saturated rings. The monoisotopic (exact) mass is 264 g/mol. The Labute approximate surface area is 110 Å². The van der Waals surface area contributed by atoms with E-state index in [0.29, 0.717) is 23.9 Å². The Bertz CT molecular complexity index is 546. The van der Waals surface area contributed by atoms with Crippen molar-refractivity contribution in [2.24, 2.45) is 0 Å². The molecule has 0 saturated heterocycles. The van der Waals surface area contributed by atoms with Gasteiger partial charge < -0.3 is 9.84 Å². The van der Waals surface area contributed by atoms with Gasteiger partial charge in [0.15, 0.2) is 5.82 Å². The highest BCUT2D eigenvalue weighted by Crippen LogP contribution is 2.28. The molecule has 0 atom stereocenters. The molecule has 18 heavy (non-hydrogen) atoms. The number of halogens is 1. The Kier molecular flexibility index (Phi) is 3.99. The van der Waals surface area contributed by atoms with Crippen LogP contribution in [0.4, 0.5) is 0 Å². The first-order chi connectivity index (χ1) is 8.70. The zero-order valence-corrected chi connectivity index (χ0v) is 10.7. The molecule has 2 rings (SSSR count). The number of hydrogen-bond donors (Lipinski definition) is 1. The summed E-state index contributed by atoms with van der Waals surface area (Å²) < 4.78 is 5.42. The number of hydrogen-bond acceptors (Lipinski definition) is 4. The fourth-order valence-electron chi connectivity index (χ4n) is 1.46. The molecule has 1 heterocycles. The van der Waals surface area contributed by atoms with Crippen molar-refractivity contribution in [1.29, 1.82) is 0 Å². The molecule has 0 spiro atoms. The molecule has 1 aromatic heterocycles. The van der Waals surface area contributed by atoms with Crippen molar-refractivity contribution in [1.82, 2.24) is 9.97 Å². The van der Waals surface area contributed by atoms with Gasteiger partial charge in [0.05, 0.1) is 12.2 Å². The molecule has 0 aliphatic carbocycles. The summed E-state index contributed by atoms with van der Waals surface area (Å²) in [7, 11) is 0. The Hall–Kier alpha value is -1.81. The molecule has 0 unspecified atom stereocenters.